The predicted octanol–water partition coefficient (Wildman–Crippen LogP) is 3.93. The van der Waals surface area contributed by atoms with Crippen LogP contribution in [-0.4, -0.2) is 46.4 Å². The van der Waals surface area contributed by atoms with E-state index in [-0.39, 0.29) is 19.0 Å². The fourth-order valence-corrected chi connectivity index (χ4v) is 3.59. The first-order valence-corrected chi connectivity index (χ1v) is 10.0. The van der Waals surface area contributed by atoms with E-state index in [1.54, 1.807) is 39.1 Å². The van der Waals surface area contributed by atoms with Gasteiger partial charge < -0.3 is 24.9 Å². The summed E-state index contributed by atoms with van der Waals surface area (Å²) in [7, 11) is 1.72. The van der Waals surface area contributed by atoms with Gasteiger partial charge in [-0.25, -0.2) is 14.4 Å². The summed E-state index contributed by atoms with van der Waals surface area (Å²) in [6, 6.07) is 10.0. The standard InChI is InChI=1S/C23H22FN5O3/c1-12(30)11-32-18-5-4-14(8-19(18)31-7-6-25)21-20-16-9-15(24)10-17(26-3)22(16)29-23(20)28-13(2)27-21/h4-5,8-10,12,26,30H,7,11H2,1-3H3,(H,27,28,29)/t12-/m0/s1. The molecule has 0 fully saturated rings. The zero-order valence-corrected chi connectivity index (χ0v) is 17.9. The summed E-state index contributed by atoms with van der Waals surface area (Å²) in [5, 5.41) is 22.8. The van der Waals surface area contributed by atoms with Gasteiger partial charge in [-0.15, -0.1) is 0 Å². The number of nitrogens with one attached hydrogen (secondary N) is 2. The Morgan fingerprint density at radius 1 is 1.22 bits per heavy atom. The first-order valence-electron chi connectivity index (χ1n) is 10.0. The molecular formula is C23H22FN5O3. The summed E-state index contributed by atoms with van der Waals surface area (Å²) in [6.07, 6.45) is -0.662. The highest BCUT2D eigenvalue weighted by molar-refractivity contribution is 6.15. The number of aromatic amines is 1. The average molecular weight is 435 g/mol. The maximum Gasteiger partial charge on any atom is 0.174 e. The fourth-order valence-electron chi connectivity index (χ4n) is 3.59. The third-order valence-electron chi connectivity index (χ3n) is 4.90. The molecule has 0 aliphatic rings. The van der Waals surface area contributed by atoms with E-state index in [1.165, 1.54) is 12.1 Å². The lowest BCUT2D eigenvalue weighted by atomic mass is 10.0. The summed E-state index contributed by atoms with van der Waals surface area (Å²) in [5.74, 6) is 0.902. The second-order valence-electron chi connectivity index (χ2n) is 7.36. The minimum Gasteiger partial charge on any atom is -0.487 e. The van der Waals surface area contributed by atoms with Gasteiger partial charge in [0, 0.05) is 18.0 Å². The van der Waals surface area contributed by atoms with Crippen LogP contribution in [0.4, 0.5) is 10.1 Å². The number of aryl methyl sites for hydroxylation is 1. The number of fused-ring (bicyclic) bond motifs is 3. The van der Waals surface area contributed by atoms with Crippen molar-refractivity contribution in [3.63, 3.8) is 0 Å². The summed E-state index contributed by atoms with van der Waals surface area (Å²) in [5.41, 5.74) is 3.20. The lowest BCUT2D eigenvalue weighted by molar-refractivity contribution is 0.120. The minimum atomic E-state index is -0.662. The number of hydrogen-bond acceptors (Lipinski definition) is 7. The summed E-state index contributed by atoms with van der Waals surface area (Å²) >= 11 is 0. The third kappa shape index (κ3) is 4.00. The molecule has 0 bridgehead atoms. The van der Waals surface area contributed by atoms with Gasteiger partial charge in [-0.3, -0.25) is 0 Å². The number of halogens is 1. The van der Waals surface area contributed by atoms with Crippen molar-refractivity contribution in [3.05, 3.63) is 42.0 Å². The Labute approximate surface area is 183 Å². The Morgan fingerprint density at radius 3 is 2.75 bits per heavy atom. The van der Waals surface area contributed by atoms with Crippen molar-refractivity contribution >= 4 is 27.6 Å². The van der Waals surface area contributed by atoms with Gasteiger partial charge in [0.25, 0.3) is 0 Å². The molecule has 4 aromatic rings. The maximum absolute atomic E-state index is 14.3. The lowest BCUT2D eigenvalue weighted by Gasteiger charge is -2.14. The lowest BCUT2D eigenvalue weighted by Crippen LogP contribution is -2.13. The van der Waals surface area contributed by atoms with Gasteiger partial charge in [0.2, 0.25) is 0 Å². The van der Waals surface area contributed by atoms with Crippen molar-refractivity contribution < 1.29 is 19.0 Å². The fraction of sp³-hybridized carbons (Fsp3) is 0.261. The number of aliphatic hydroxyl groups excluding tert-OH is 1. The second kappa shape index (κ2) is 8.69. The number of nitrogens with zero attached hydrogens (tertiary/aromatic N) is 3. The van der Waals surface area contributed by atoms with Gasteiger partial charge in [-0.2, -0.15) is 5.26 Å². The number of anilines is 1. The third-order valence-corrected chi connectivity index (χ3v) is 4.90. The van der Waals surface area contributed by atoms with E-state index in [0.717, 1.165) is 5.52 Å². The van der Waals surface area contributed by atoms with Crippen molar-refractivity contribution in [1.29, 1.82) is 5.26 Å². The SMILES string of the molecule is CNc1cc(F)cc2c1[nH]c1nc(C)nc(-c3ccc(OC[C@H](C)O)c(OCC#N)c3)c12. The van der Waals surface area contributed by atoms with Crippen LogP contribution in [0.2, 0.25) is 0 Å². The Morgan fingerprint density at radius 2 is 2.03 bits per heavy atom. The van der Waals surface area contributed by atoms with E-state index < -0.39 is 6.10 Å². The van der Waals surface area contributed by atoms with E-state index in [4.69, 9.17) is 14.7 Å². The maximum atomic E-state index is 14.3. The van der Waals surface area contributed by atoms with Crippen LogP contribution in [0.3, 0.4) is 0 Å². The van der Waals surface area contributed by atoms with Gasteiger partial charge in [0.05, 0.1) is 28.4 Å². The van der Waals surface area contributed by atoms with Gasteiger partial charge >= 0.3 is 0 Å². The Balaban J connectivity index is 1.93. The summed E-state index contributed by atoms with van der Waals surface area (Å²) in [6.45, 7) is 3.30. The van der Waals surface area contributed by atoms with Crippen LogP contribution in [0.5, 0.6) is 11.5 Å². The Hall–Kier alpha value is -3.90. The molecule has 0 aliphatic carbocycles. The first-order chi connectivity index (χ1) is 15.4. The van der Waals surface area contributed by atoms with Crippen LogP contribution in [0.25, 0.3) is 33.2 Å². The van der Waals surface area contributed by atoms with Gasteiger partial charge in [-0.1, -0.05) is 0 Å². The molecule has 0 aliphatic heterocycles. The summed E-state index contributed by atoms with van der Waals surface area (Å²) < 4.78 is 25.5. The molecule has 0 spiro atoms. The van der Waals surface area contributed by atoms with E-state index in [9.17, 15) is 9.50 Å². The van der Waals surface area contributed by atoms with Crippen molar-refractivity contribution in [3.8, 4) is 28.8 Å². The number of rotatable bonds is 7. The molecule has 4 rings (SSSR count). The normalized spacial score (nSPS) is 12.0. The zero-order chi connectivity index (χ0) is 22.8. The molecule has 0 amide bonds. The Bertz CT molecular complexity index is 1340. The number of aromatic nitrogens is 3. The number of nitriles is 1. The van der Waals surface area contributed by atoms with Crippen LogP contribution in [0, 0.1) is 24.1 Å². The molecule has 3 N–H and O–H groups in total. The molecule has 1 atom stereocenters. The van der Waals surface area contributed by atoms with Crippen molar-refractivity contribution in [2.45, 2.75) is 20.0 Å². The topological polar surface area (TPSA) is 116 Å². The van der Waals surface area contributed by atoms with E-state index in [2.05, 4.69) is 20.3 Å². The number of hydrogen-bond donors (Lipinski definition) is 3. The van der Waals surface area contributed by atoms with Gasteiger partial charge in [0.1, 0.15) is 30.0 Å². The molecule has 9 heteroatoms. The molecular weight excluding hydrogens is 413 g/mol. The quantitative estimate of drug-likeness (QED) is 0.403. The van der Waals surface area contributed by atoms with Crippen LogP contribution in [-0.2, 0) is 0 Å². The van der Waals surface area contributed by atoms with Gasteiger partial charge in [0.15, 0.2) is 18.1 Å². The minimum absolute atomic E-state index is 0.0770. The van der Waals surface area contributed by atoms with Crippen molar-refractivity contribution in [2.24, 2.45) is 0 Å². The molecule has 32 heavy (non-hydrogen) atoms. The molecule has 0 unspecified atom stereocenters. The first kappa shape index (κ1) is 21.3. The molecule has 2 aromatic heterocycles. The molecule has 0 saturated heterocycles. The number of H-pyrrole nitrogens is 1. The van der Waals surface area contributed by atoms with E-state index in [0.29, 0.717) is 50.7 Å². The summed E-state index contributed by atoms with van der Waals surface area (Å²) in [4.78, 5) is 12.4. The van der Waals surface area contributed by atoms with Crippen LogP contribution in [0.1, 0.15) is 12.7 Å². The Kier molecular flexibility index (Phi) is 5.79. The zero-order valence-electron chi connectivity index (χ0n) is 17.9. The monoisotopic (exact) mass is 435 g/mol. The number of benzene rings is 2. The smallest absolute Gasteiger partial charge is 0.174 e. The molecule has 164 valence electrons. The highest BCUT2D eigenvalue weighted by Crippen LogP contribution is 2.39. The highest BCUT2D eigenvalue weighted by Gasteiger charge is 2.19. The highest BCUT2D eigenvalue weighted by atomic mass is 19.1. The number of aliphatic hydroxyl groups is 1. The van der Waals surface area contributed by atoms with Crippen LogP contribution >= 0.6 is 0 Å². The second-order valence-corrected chi connectivity index (χ2v) is 7.36. The van der Waals surface area contributed by atoms with Crippen molar-refractivity contribution in [2.75, 3.05) is 25.6 Å². The van der Waals surface area contributed by atoms with E-state index in [1.807, 2.05) is 6.07 Å². The average Bonchev–Trinajstić information content (AvgIpc) is 3.13. The molecule has 2 aromatic carbocycles. The van der Waals surface area contributed by atoms with Crippen molar-refractivity contribution in [1.82, 2.24) is 15.0 Å². The molecule has 0 saturated carbocycles. The molecule has 0 radical (unpaired) electrons. The number of ether oxygens (including phenoxy) is 2. The molecule has 8 nitrogen and oxygen atoms in total. The largest absolute Gasteiger partial charge is 0.487 e. The van der Waals surface area contributed by atoms with Crippen LogP contribution < -0.4 is 14.8 Å². The molecule has 2 heterocycles. The van der Waals surface area contributed by atoms with E-state index >= 15 is 0 Å². The van der Waals surface area contributed by atoms with Gasteiger partial charge in [-0.05, 0) is 44.2 Å². The van der Waals surface area contributed by atoms with Crippen LogP contribution in [0.15, 0.2) is 30.3 Å². The predicted molar refractivity (Wildman–Crippen MR) is 119 cm³/mol.